The molecular formula is C9H7Cl2F2NO2. The molecule has 88 valence electrons. The molecule has 1 heterocycles. The van der Waals surface area contributed by atoms with E-state index in [0.717, 1.165) is 13.2 Å². The van der Waals surface area contributed by atoms with Crippen molar-refractivity contribution >= 4 is 29.2 Å². The lowest BCUT2D eigenvalue weighted by atomic mass is 10.1. The third-order valence-corrected chi connectivity index (χ3v) is 2.40. The molecule has 1 aromatic rings. The average molecular weight is 270 g/mol. The number of carbonyl (C=O) groups is 1. The predicted octanol–water partition coefficient (Wildman–Crippen LogP) is 3.20. The van der Waals surface area contributed by atoms with E-state index in [-0.39, 0.29) is 22.3 Å². The molecule has 16 heavy (non-hydrogen) atoms. The molecular weight excluding hydrogens is 263 g/mol. The van der Waals surface area contributed by atoms with Crippen LogP contribution in [0, 0.1) is 0 Å². The highest BCUT2D eigenvalue weighted by atomic mass is 35.5. The summed E-state index contributed by atoms with van der Waals surface area (Å²) in [6.45, 7) is 0. The lowest BCUT2D eigenvalue weighted by Gasteiger charge is -2.09. The second-order valence-corrected chi connectivity index (χ2v) is 3.41. The molecule has 1 rings (SSSR count). The number of ether oxygens (including phenoxy) is 1. The molecule has 0 N–H and O–H groups in total. The lowest BCUT2D eigenvalue weighted by molar-refractivity contribution is 0.0600. The number of aromatic nitrogens is 1. The van der Waals surface area contributed by atoms with Gasteiger partial charge < -0.3 is 4.74 Å². The minimum Gasteiger partial charge on any atom is -0.465 e. The van der Waals surface area contributed by atoms with Crippen LogP contribution in [-0.4, -0.2) is 18.1 Å². The Hall–Kier alpha value is -0.940. The maximum Gasteiger partial charge on any atom is 0.341 e. The number of hydrogen-bond donors (Lipinski definition) is 0. The Balaban J connectivity index is 3.33. The summed E-state index contributed by atoms with van der Waals surface area (Å²) in [6, 6.07) is 0.948. The van der Waals surface area contributed by atoms with Gasteiger partial charge >= 0.3 is 5.97 Å². The van der Waals surface area contributed by atoms with Gasteiger partial charge in [-0.2, -0.15) is 0 Å². The van der Waals surface area contributed by atoms with Crippen LogP contribution in [0.4, 0.5) is 8.78 Å². The highest BCUT2D eigenvalue weighted by molar-refractivity contribution is 6.32. The van der Waals surface area contributed by atoms with E-state index >= 15 is 0 Å². The molecule has 0 aliphatic rings. The van der Waals surface area contributed by atoms with Crippen molar-refractivity contribution < 1.29 is 18.3 Å². The van der Waals surface area contributed by atoms with Crippen LogP contribution in [0.1, 0.15) is 28.0 Å². The normalized spacial score (nSPS) is 10.6. The van der Waals surface area contributed by atoms with Crippen molar-refractivity contribution in [2.75, 3.05) is 7.11 Å². The summed E-state index contributed by atoms with van der Waals surface area (Å²) in [4.78, 5) is 14.8. The van der Waals surface area contributed by atoms with Crippen molar-refractivity contribution in [3.63, 3.8) is 0 Å². The Morgan fingerprint density at radius 3 is 2.69 bits per heavy atom. The molecule has 3 nitrogen and oxygen atoms in total. The van der Waals surface area contributed by atoms with Crippen molar-refractivity contribution in [2.24, 2.45) is 0 Å². The number of halogens is 4. The molecule has 0 aliphatic carbocycles. The first-order valence-electron chi connectivity index (χ1n) is 4.13. The Kier molecular flexibility index (Phi) is 4.44. The zero-order valence-electron chi connectivity index (χ0n) is 8.14. The largest absolute Gasteiger partial charge is 0.465 e. The number of pyridine rings is 1. The SMILES string of the molecule is COC(=O)c1cc(C(F)F)c(CCl)nc1Cl. The zero-order valence-corrected chi connectivity index (χ0v) is 9.65. The first kappa shape index (κ1) is 13.1. The van der Waals surface area contributed by atoms with Gasteiger partial charge in [-0.15, -0.1) is 11.6 Å². The Labute approximate surface area is 100 Å². The fourth-order valence-corrected chi connectivity index (χ4v) is 1.54. The van der Waals surface area contributed by atoms with Gasteiger partial charge in [-0.3, -0.25) is 0 Å². The van der Waals surface area contributed by atoms with E-state index in [2.05, 4.69) is 9.72 Å². The third-order valence-electron chi connectivity index (χ3n) is 1.86. The van der Waals surface area contributed by atoms with E-state index in [4.69, 9.17) is 23.2 Å². The van der Waals surface area contributed by atoms with E-state index in [1.54, 1.807) is 0 Å². The summed E-state index contributed by atoms with van der Waals surface area (Å²) < 4.78 is 29.6. The molecule has 0 saturated carbocycles. The van der Waals surface area contributed by atoms with Gasteiger partial charge in [-0.1, -0.05) is 11.6 Å². The van der Waals surface area contributed by atoms with E-state index in [1.807, 2.05) is 0 Å². The Morgan fingerprint density at radius 2 is 2.25 bits per heavy atom. The monoisotopic (exact) mass is 269 g/mol. The van der Waals surface area contributed by atoms with Gasteiger partial charge in [0.2, 0.25) is 0 Å². The topological polar surface area (TPSA) is 39.2 Å². The summed E-state index contributed by atoms with van der Waals surface area (Å²) in [6.07, 6.45) is -2.78. The summed E-state index contributed by atoms with van der Waals surface area (Å²) in [5, 5.41) is -0.202. The van der Waals surface area contributed by atoms with Gasteiger partial charge in [0, 0.05) is 5.56 Å². The second-order valence-electron chi connectivity index (χ2n) is 2.79. The maximum absolute atomic E-state index is 12.6. The minimum absolute atomic E-state index is 0.0469. The molecule has 0 saturated heterocycles. The molecule has 0 aromatic carbocycles. The smallest absolute Gasteiger partial charge is 0.341 e. The van der Waals surface area contributed by atoms with Gasteiger partial charge in [-0.25, -0.2) is 18.6 Å². The van der Waals surface area contributed by atoms with Gasteiger partial charge in [0.25, 0.3) is 6.43 Å². The van der Waals surface area contributed by atoms with Crippen LogP contribution in [0.5, 0.6) is 0 Å². The Morgan fingerprint density at radius 1 is 1.62 bits per heavy atom. The first-order chi connectivity index (χ1) is 7.51. The van der Waals surface area contributed by atoms with Crippen LogP contribution in [0.2, 0.25) is 5.15 Å². The predicted molar refractivity (Wildman–Crippen MR) is 55.1 cm³/mol. The van der Waals surface area contributed by atoms with Crippen LogP contribution in [0.3, 0.4) is 0 Å². The molecule has 0 aliphatic heterocycles. The number of alkyl halides is 3. The molecule has 1 aromatic heterocycles. The van der Waals surface area contributed by atoms with E-state index in [9.17, 15) is 13.6 Å². The third kappa shape index (κ3) is 2.59. The van der Waals surface area contributed by atoms with Crippen LogP contribution in [-0.2, 0) is 10.6 Å². The van der Waals surface area contributed by atoms with Gasteiger partial charge in [0.05, 0.1) is 24.2 Å². The summed E-state index contributed by atoms with van der Waals surface area (Å²) in [5.74, 6) is -1.03. The number of methoxy groups -OCH3 is 1. The Bertz CT molecular complexity index is 413. The minimum atomic E-state index is -2.78. The van der Waals surface area contributed by atoms with Crippen LogP contribution in [0.25, 0.3) is 0 Å². The van der Waals surface area contributed by atoms with Crippen molar-refractivity contribution in [3.05, 3.63) is 28.0 Å². The quantitative estimate of drug-likeness (QED) is 0.481. The van der Waals surface area contributed by atoms with E-state index in [1.165, 1.54) is 0 Å². The number of rotatable bonds is 3. The standard InChI is InChI=1S/C9H7Cl2F2NO2/c1-16-9(15)5-2-4(8(12)13)6(3-10)14-7(5)11/h2,8H,3H2,1H3. The summed E-state index contributed by atoms with van der Waals surface area (Å²) in [7, 11) is 1.12. The van der Waals surface area contributed by atoms with Crippen molar-refractivity contribution in [1.82, 2.24) is 4.98 Å². The molecule has 0 unspecified atom stereocenters. The second kappa shape index (κ2) is 5.41. The molecule has 0 radical (unpaired) electrons. The summed E-state index contributed by atoms with van der Waals surface area (Å²) in [5.41, 5.74) is -0.664. The molecule has 0 fully saturated rings. The van der Waals surface area contributed by atoms with Gasteiger partial charge in [0.1, 0.15) is 5.15 Å². The molecule has 0 bridgehead atoms. The van der Waals surface area contributed by atoms with Gasteiger partial charge in [0.15, 0.2) is 0 Å². The number of hydrogen-bond acceptors (Lipinski definition) is 3. The molecule has 0 amide bonds. The fraction of sp³-hybridized carbons (Fsp3) is 0.333. The lowest BCUT2D eigenvalue weighted by Crippen LogP contribution is -2.07. The van der Waals surface area contributed by atoms with Crippen molar-refractivity contribution in [1.29, 1.82) is 0 Å². The number of esters is 1. The molecule has 7 heteroatoms. The highest BCUT2D eigenvalue weighted by Gasteiger charge is 2.20. The summed E-state index contributed by atoms with van der Waals surface area (Å²) >= 11 is 11.1. The van der Waals surface area contributed by atoms with Crippen molar-refractivity contribution in [2.45, 2.75) is 12.3 Å². The first-order valence-corrected chi connectivity index (χ1v) is 5.04. The van der Waals surface area contributed by atoms with Crippen LogP contribution >= 0.6 is 23.2 Å². The maximum atomic E-state index is 12.6. The van der Waals surface area contributed by atoms with E-state index in [0.29, 0.717) is 0 Å². The highest BCUT2D eigenvalue weighted by Crippen LogP contribution is 2.27. The van der Waals surface area contributed by atoms with Crippen molar-refractivity contribution in [3.8, 4) is 0 Å². The van der Waals surface area contributed by atoms with Crippen LogP contribution in [0.15, 0.2) is 6.07 Å². The van der Waals surface area contributed by atoms with Crippen LogP contribution < -0.4 is 0 Å². The number of carbonyl (C=O) groups excluding carboxylic acids is 1. The molecule has 0 spiro atoms. The fourth-order valence-electron chi connectivity index (χ4n) is 1.09. The zero-order chi connectivity index (χ0) is 12.3. The van der Waals surface area contributed by atoms with Gasteiger partial charge in [-0.05, 0) is 6.07 Å². The average Bonchev–Trinajstić information content (AvgIpc) is 2.27. The van der Waals surface area contributed by atoms with E-state index < -0.39 is 18.0 Å². The number of nitrogens with zero attached hydrogens (tertiary/aromatic N) is 1. The molecule has 0 atom stereocenters.